The highest BCUT2D eigenvalue weighted by atomic mass is 16.3. The van der Waals surface area contributed by atoms with E-state index in [2.05, 4.69) is 18.7 Å². The van der Waals surface area contributed by atoms with Gasteiger partial charge in [-0.2, -0.15) is 0 Å². The zero-order valence-corrected chi connectivity index (χ0v) is 12.3. The van der Waals surface area contributed by atoms with E-state index in [0.717, 1.165) is 25.0 Å². The maximum Gasteiger partial charge on any atom is 0.0499 e. The van der Waals surface area contributed by atoms with Crippen LogP contribution in [0.2, 0.25) is 0 Å². The molecule has 2 atom stereocenters. The highest BCUT2D eigenvalue weighted by Crippen LogP contribution is 2.40. The van der Waals surface area contributed by atoms with Gasteiger partial charge in [-0.05, 0) is 38.1 Å². The molecule has 0 aliphatic heterocycles. The Labute approximate surface area is 113 Å². The highest BCUT2D eigenvalue weighted by Gasteiger charge is 2.37. The van der Waals surface area contributed by atoms with Gasteiger partial charge in [-0.1, -0.05) is 39.5 Å². The molecule has 0 aromatic heterocycles. The molecule has 0 aromatic rings. The van der Waals surface area contributed by atoms with Gasteiger partial charge in [-0.25, -0.2) is 0 Å². The first kappa shape index (κ1) is 14.3. The van der Waals surface area contributed by atoms with Gasteiger partial charge in [0.05, 0.1) is 0 Å². The molecule has 2 fully saturated rings. The Kier molecular flexibility index (Phi) is 5.08. The largest absolute Gasteiger partial charge is 0.396 e. The first-order valence-corrected chi connectivity index (χ1v) is 8.04. The average Bonchev–Trinajstić information content (AvgIpc) is 2.90. The Bertz CT molecular complexity index is 249. The lowest BCUT2D eigenvalue weighted by atomic mass is 9.70. The Morgan fingerprint density at radius 2 is 1.89 bits per heavy atom. The van der Waals surface area contributed by atoms with Crippen molar-refractivity contribution in [2.24, 2.45) is 11.3 Å². The predicted molar refractivity (Wildman–Crippen MR) is 76.7 cm³/mol. The minimum Gasteiger partial charge on any atom is -0.396 e. The van der Waals surface area contributed by atoms with Gasteiger partial charge in [0.1, 0.15) is 0 Å². The highest BCUT2D eigenvalue weighted by molar-refractivity contribution is 4.90. The summed E-state index contributed by atoms with van der Waals surface area (Å²) < 4.78 is 0. The Hall–Kier alpha value is -0.0800. The standard InChI is InChI=1S/C16H31NO/c1-3-17(15-8-4-5-9-15)12-16(13-18)10-6-7-14(2)11-16/h14-15,18H,3-13H2,1-2H3. The summed E-state index contributed by atoms with van der Waals surface area (Å²) in [5.41, 5.74) is 0.205. The molecule has 2 nitrogen and oxygen atoms in total. The Morgan fingerprint density at radius 1 is 1.17 bits per heavy atom. The number of hydrogen-bond acceptors (Lipinski definition) is 2. The first-order valence-electron chi connectivity index (χ1n) is 8.04. The lowest BCUT2D eigenvalue weighted by Gasteiger charge is -2.43. The van der Waals surface area contributed by atoms with Gasteiger partial charge in [-0.3, -0.25) is 0 Å². The van der Waals surface area contributed by atoms with Crippen LogP contribution in [0.25, 0.3) is 0 Å². The topological polar surface area (TPSA) is 23.5 Å². The van der Waals surface area contributed by atoms with Crippen LogP contribution in [0.4, 0.5) is 0 Å². The van der Waals surface area contributed by atoms with Gasteiger partial charge >= 0.3 is 0 Å². The molecule has 2 saturated carbocycles. The molecule has 18 heavy (non-hydrogen) atoms. The fraction of sp³-hybridized carbons (Fsp3) is 1.00. The zero-order valence-electron chi connectivity index (χ0n) is 12.3. The van der Waals surface area contributed by atoms with Gasteiger partial charge in [0.25, 0.3) is 0 Å². The van der Waals surface area contributed by atoms with E-state index in [1.165, 1.54) is 51.4 Å². The van der Waals surface area contributed by atoms with E-state index in [9.17, 15) is 5.11 Å². The van der Waals surface area contributed by atoms with Crippen molar-refractivity contribution in [3.8, 4) is 0 Å². The summed E-state index contributed by atoms with van der Waals surface area (Å²) in [4.78, 5) is 2.67. The van der Waals surface area contributed by atoms with Crippen molar-refractivity contribution in [2.75, 3.05) is 19.7 Å². The maximum absolute atomic E-state index is 9.92. The van der Waals surface area contributed by atoms with Crippen LogP contribution in [0, 0.1) is 11.3 Å². The molecule has 0 heterocycles. The molecule has 2 aliphatic carbocycles. The lowest BCUT2D eigenvalue weighted by molar-refractivity contribution is 0.0130. The number of hydrogen-bond donors (Lipinski definition) is 1. The fourth-order valence-corrected chi connectivity index (χ4v) is 4.31. The van der Waals surface area contributed by atoms with Gasteiger partial charge < -0.3 is 10.0 Å². The smallest absolute Gasteiger partial charge is 0.0499 e. The number of rotatable bonds is 5. The molecule has 106 valence electrons. The summed E-state index contributed by atoms with van der Waals surface area (Å²) in [6.07, 6.45) is 10.7. The van der Waals surface area contributed by atoms with Crippen molar-refractivity contribution in [3.05, 3.63) is 0 Å². The average molecular weight is 253 g/mol. The number of aliphatic hydroxyl groups excluding tert-OH is 1. The molecule has 0 saturated heterocycles. The van der Waals surface area contributed by atoms with Gasteiger partial charge in [0.15, 0.2) is 0 Å². The second kappa shape index (κ2) is 6.38. The summed E-state index contributed by atoms with van der Waals surface area (Å²) in [6, 6.07) is 0.802. The fourth-order valence-electron chi connectivity index (χ4n) is 4.31. The van der Waals surface area contributed by atoms with Crippen molar-refractivity contribution in [3.63, 3.8) is 0 Å². The van der Waals surface area contributed by atoms with E-state index in [1.54, 1.807) is 0 Å². The van der Waals surface area contributed by atoms with E-state index in [-0.39, 0.29) is 5.41 Å². The zero-order chi connectivity index (χ0) is 13.0. The SMILES string of the molecule is CCN(CC1(CO)CCCC(C)C1)C1CCCC1. The molecule has 2 rings (SSSR count). The quantitative estimate of drug-likeness (QED) is 0.811. The summed E-state index contributed by atoms with van der Waals surface area (Å²) in [5, 5.41) is 9.92. The molecule has 0 bridgehead atoms. The second-order valence-electron chi connectivity index (χ2n) is 6.86. The molecule has 0 amide bonds. The number of aliphatic hydroxyl groups is 1. The molecule has 2 heteroatoms. The summed E-state index contributed by atoms with van der Waals surface area (Å²) >= 11 is 0. The van der Waals surface area contributed by atoms with E-state index in [1.807, 2.05) is 0 Å². The molecule has 0 aromatic carbocycles. The van der Waals surface area contributed by atoms with Crippen molar-refractivity contribution < 1.29 is 5.11 Å². The third kappa shape index (κ3) is 3.27. The third-order valence-corrected chi connectivity index (χ3v) is 5.31. The third-order valence-electron chi connectivity index (χ3n) is 5.31. The molecule has 1 N–H and O–H groups in total. The van der Waals surface area contributed by atoms with E-state index < -0.39 is 0 Å². The van der Waals surface area contributed by atoms with Crippen molar-refractivity contribution in [1.82, 2.24) is 4.90 Å². The molecular weight excluding hydrogens is 222 g/mol. The molecule has 0 radical (unpaired) electrons. The van der Waals surface area contributed by atoms with Crippen LogP contribution in [0.15, 0.2) is 0 Å². The Morgan fingerprint density at radius 3 is 2.44 bits per heavy atom. The predicted octanol–water partition coefficient (Wildman–Crippen LogP) is 3.44. The maximum atomic E-state index is 9.92. The van der Waals surface area contributed by atoms with Crippen molar-refractivity contribution in [2.45, 2.75) is 71.3 Å². The monoisotopic (exact) mass is 253 g/mol. The van der Waals surface area contributed by atoms with Crippen LogP contribution in [-0.4, -0.2) is 35.7 Å². The summed E-state index contributed by atoms with van der Waals surface area (Å²) in [6.45, 7) is 7.32. The van der Waals surface area contributed by atoms with Gasteiger partial charge in [-0.15, -0.1) is 0 Å². The molecule has 2 aliphatic rings. The molecule has 2 unspecified atom stereocenters. The van der Waals surface area contributed by atoms with Crippen LogP contribution in [0.5, 0.6) is 0 Å². The van der Waals surface area contributed by atoms with Crippen LogP contribution >= 0.6 is 0 Å². The van der Waals surface area contributed by atoms with Crippen molar-refractivity contribution >= 4 is 0 Å². The minimum absolute atomic E-state index is 0.205. The van der Waals surface area contributed by atoms with E-state index >= 15 is 0 Å². The normalized spacial score (nSPS) is 34.3. The second-order valence-corrected chi connectivity index (χ2v) is 6.86. The lowest BCUT2D eigenvalue weighted by Crippen LogP contribution is -2.46. The van der Waals surface area contributed by atoms with Crippen LogP contribution in [-0.2, 0) is 0 Å². The number of nitrogens with zero attached hydrogens (tertiary/aromatic N) is 1. The van der Waals surface area contributed by atoms with Crippen molar-refractivity contribution in [1.29, 1.82) is 0 Å². The first-order chi connectivity index (χ1) is 8.69. The van der Waals surface area contributed by atoms with E-state index in [4.69, 9.17) is 0 Å². The molecular formula is C16H31NO. The minimum atomic E-state index is 0.205. The van der Waals surface area contributed by atoms with Gasteiger partial charge in [0.2, 0.25) is 0 Å². The Balaban J connectivity index is 1.98. The van der Waals surface area contributed by atoms with Crippen LogP contribution in [0.1, 0.15) is 65.2 Å². The molecule has 0 spiro atoms. The van der Waals surface area contributed by atoms with Crippen LogP contribution in [0.3, 0.4) is 0 Å². The summed E-state index contributed by atoms with van der Waals surface area (Å²) in [5.74, 6) is 0.799. The van der Waals surface area contributed by atoms with Crippen LogP contribution < -0.4 is 0 Å². The van der Waals surface area contributed by atoms with Gasteiger partial charge in [0, 0.05) is 24.6 Å². The summed E-state index contributed by atoms with van der Waals surface area (Å²) in [7, 11) is 0. The van der Waals surface area contributed by atoms with E-state index in [0.29, 0.717) is 6.61 Å².